The standard InChI is InChI=1S/C29H25FN2O6S/c1-39(35,36)32(15-3-2-14-31)25-17-26-24(16-23(25)18-4-5-18)27(29(33)34)28(38-26)19-6-10-21(11-7-19)37-22-12-8-20(30)9-13-22/h6-13,16-18H,2-5,15H2,1H3,(H,33,34). The smallest absolute Gasteiger partial charge is 0.340 e. The normalized spacial score (nSPS) is 13.3. The number of ether oxygens (including phenoxy) is 1. The molecule has 4 aromatic rings. The lowest BCUT2D eigenvalue weighted by molar-refractivity contribution is 0.0699. The molecule has 3 aromatic carbocycles. The lowest BCUT2D eigenvalue weighted by Crippen LogP contribution is -2.31. The summed E-state index contributed by atoms with van der Waals surface area (Å²) in [6, 6.07) is 17.6. The maximum absolute atomic E-state index is 13.2. The first-order chi connectivity index (χ1) is 18.7. The van der Waals surface area contributed by atoms with Crippen molar-refractivity contribution in [1.82, 2.24) is 0 Å². The Kier molecular flexibility index (Phi) is 7.02. The molecule has 1 fully saturated rings. The lowest BCUT2D eigenvalue weighted by Gasteiger charge is -2.25. The van der Waals surface area contributed by atoms with E-state index < -0.39 is 16.0 Å². The van der Waals surface area contributed by atoms with Crippen LogP contribution in [0, 0.1) is 17.1 Å². The molecule has 1 saturated carbocycles. The molecule has 1 aliphatic rings. The van der Waals surface area contributed by atoms with E-state index in [0.29, 0.717) is 34.6 Å². The Bertz CT molecular complexity index is 1690. The van der Waals surface area contributed by atoms with Crippen LogP contribution in [-0.2, 0) is 10.0 Å². The number of nitrogens with zero attached hydrogens (tertiary/aromatic N) is 2. The van der Waals surface area contributed by atoms with Gasteiger partial charge in [-0.2, -0.15) is 5.26 Å². The highest BCUT2D eigenvalue weighted by Gasteiger charge is 2.33. The number of fused-ring (bicyclic) bond motifs is 1. The number of furan rings is 1. The summed E-state index contributed by atoms with van der Waals surface area (Å²) in [5.41, 5.74) is 1.94. The summed E-state index contributed by atoms with van der Waals surface area (Å²) in [5, 5.41) is 19.4. The highest BCUT2D eigenvalue weighted by Crippen LogP contribution is 2.48. The van der Waals surface area contributed by atoms with Crippen molar-refractivity contribution in [2.75, 3.05) is 17.1 Å². The monoisotopic (exact) mass is 548 g/mol. The second kappa shape index (κ2) is 10.4. The third kappa shape index (κ3) is 5.59. The van der Waals surface area contributed by atoms with E-state index in [9.17, 15) is 22.7 Å². The number of sulfonamides is 1. The SMILES string of the molecule is CS(=O)(=O)N(CCCC#N)c1cc2oc(-c3ccc(Oc4ccc(F)cc4)cc3)c(C(=O)O)c2cc1C1CC1. The van der Waals surface area contributed by atoms with Crippen molar-refractivity contribution < 1.29 is 31.9 Å². The van der Waals surface area contributed by atoms with Crippen LogP contribution in [0.5, 0.6) is 11.5 Å². The van der Waals surface area contributed by atoms with Gasteiger partial charge in [0.25, 0.3) is 0 Å². The van der Waals surface area contributed by atoms with Crippen molar-refractivity contribution in [2.24, 2.45) is 0 Å². The summed E-state index contributed by atoms with van der Waals surface area (Å²) >= 11 is 0. The zero-order valence-electron chi connectivity index (χ0n) is 21.1. The third-order valence-corrected chi connectivity index (χ3v) is 7.73. The average molecular weight is 549 g/mol. The van der Waals surface area contributed by atoms with Gasteiger partial charge in [-0.15, -0.1) is 0 Å². The Labute approximate surface area is 224 Å². The number of carboxylic acids is 1. The minimum Gasteiger partial charge on any atom is -0.478 e. The fraction of sp³-hybridized carbons (Fsp3) is 0.241. The first-order valence-electron chi connectivity index (χ1n) is 12.4. The van der Waals surface area contributed by atoms with E-state index in [0.717, 1.165) is 24.7 Å². The lowest BCUT2D eigenvalue weighted by atomic mass is 10.0. The van der Waals surface area contributed by atoms with E-state index in [1.807, 2.05) is 6.07 Å². The van der Waals surface area contributed by atoms with Gasteiger partial charge in [-0.25, -0.2) is 17.6 Å². The third-order valence-electron chi connectivity index (χ3n) is 6.55. The highest BCUT2D eigenvalue weighted by atomic mass is 32.2. The molecule has 0 aliphatic heterocycles. The molecule has 1 heterocycles. The van der Waals surface area contributed by atoms with Gasteiger partial charge in [-0.1, -0.05) is 0 Å². The van der Waals surface area contributed by atoms with Gasteiger partial charge in [0.05, 0.1) is 18.0 Å². The van der Waals surface area contributed by atoms with E-state index >= 15 is 0 Å². The second-order valence-electron chi connectivity index (χ2n) is 9.47. The molecule has 0 unspecified atom stereocenters. The van der Waals surface area contributed by atoms with Gasteiger partial charge in [0.2, 0.25) is 10.0 Å². The fourth-order valence-electron chi connectivity index (χ4n) is 4.58. The molecule has 0 atom stereocenters. The molecular weight excluding hydrogens is 523 g/mol. The molecule has 10 heteroatoms. The molecular formula is C29H25FN2O6S. The topological polar surface area (TPSA) is 121 Å². The van der Waals surface area contributed by atoms with E-state index in [1.165, 1.54) is 28.6 Å². The van der Waals surface area contributed by atoms with Crippen LogP contribution in [0.4, 0.5) is 10.1 Å². The Hall–Kier alpha value is -4.36. The molecule has 1 N–H and O–H groups in total. The molecule has 39 heavy (non-hydrogen) atoms. The van der Waals surface area contributed by atoms with Gasteiger partial charge in [-0.3, -0.25) is 4.31 Å². The summed E-state index contributed by atoms with van der Waals surface area (Å²) < 4.78 is 51.7. The van der Waals surface area contributed by atoms with Gasteiger partial charge in [0.1, 0.15) is 34.2 Å². The molecule has 1 aliphatic carbocycles. The van der Waals surface area contributed by atoms with Crippen LogP contribution in [0.2, 0.25) is 0 Å². The van der Waals surface area contributed by atoms with Gasteiger partial charge < -0.3 is 14.3 Å². The number of nitriles is 1. The van der Waals surface area contributed by atoms with Crippen molar-refractivity contribution in [1.29, 1.82) is 5.26 Å². The van der Waals surface area contributed by atoms with Gasteiger partial charge in [-0.05, 0) is 85.3 Å². The number of aromatic carboxylic acids is 1. The predicted molar refractivity (Wildman–Crippen MR) is 144 cm³/mol. The van der Waals surface area contributed by atoms with E-state index in [1.54, 1.807) is 36.4 Å². The maximum Gasteiger partial charge on any atom is 0.340 e. The molecule has 0 radical (unpaired) electrons. The van der Waals surface area contributed by atoms with Crippen LogP contribution in [0.25, 0.3) is 22.3 Å². The number of rotatable bonds is 10. The summed E-state index contributed by atoms with van der Waals surface area (Å²) in [6.45, 7) is 0.131. The van der Waals surface area contributed by atoms with Crippen LogP contribution < -0.4 is 9.04 Å². The van der Waals surface area contributed by atoms with Crippen LogP contribution in [0.15, 0.2) is 65.1 Å². The number of carbonyl (C=O) groups is 1. The van der Waals surface area contributed by atoms with Crippen LogP contribution in [-0.4, -0.2) is 32.3 Å². The molecule has 200 valence electrons. The summed E-state index contributed by atoms with van der Waals surface area (Å²) in [5.74, 6) is -0.368. The second-order valence-corrected chi connectivity index (χ2v) is 11.4. The molecule has 5 rings (SSSR count). The molecule has 1 aromatic heterocycles. The van der Waals surface area contributed by atoms with Crippen LogP contribution in [0.1, 0.15) is 47.5 Å². The fourth-order valence-corrected chi connectivity index (χ4v) is 5.56. The number of carboxylic acid groups (broad SMARTS) is 1. The minimum atomic E-state index is -3.67. The van der Waals surface area contributed by atoms with Crippen molar-refractivity contribution in [3.63, 3.8) is 0 Å². The number of unbranched alkanes of at least 4 members (excludes halogenated alkanes) is 1. The first-order valence-corrected chi connectivity index (χ1v) is 14.2. The largest absolute Gasteiger partial charge is 0.478 e. The van der Waals surface area contributed by atoms with Crippen molar-refractivity contribution >= 4 is 32.6 Å². The van der Waals surface area contributed by atoms with Gasteiger partial charge >= 0.3 is 5.97 Å². The maximum atomic E-state index is 13.2. The van der Waals surface area contributed by atoms with E-state index in [2.05, 4.69) is 0 Å². The molecule has 8 nitrogen and oxygen atoms in total. The van der Waals surface area contributed by atoms with Crippen LogP contribution >= 0.6 is 0 Å². The Balaban J connectivity index is 1.57. The van der Waals surface area contributed by atoms with Crippen molar-refractivity contribution in [3.8, 4) is 28.9 Å². The Morgan fingerprint density at radius 2 is 1.77 bits per heavy atom. The number of hydrogen-bond acceptors (Lipinski definition) is 6. The zero-order chi connectivity index (χ0) is 27.7. The predicted octanol–water partition coefficient (Wildman–Crippen LogP) is 6.68. The Morgan fingerprint density at radius 3 is 2.33 bits per heavy atom. The van der Waals surface area contributed by atoms with Crippen molar-refractivity contribution in [3.05, 3.63) is 77.6 Å². The van der Waals surface area contributed by atoms with E-state index in [4.69, 9.17) is 14.4 Å². The number of anilines is 1. The van der Waals surface area contributed by atoms with Crippen molar-refractivity contribution in [2.45, 2.75) is 31.6 Å². The average Bonchev–Trinajstić information content (AvgIpc) is 3.67. The summed E-state index contributed by atoms with van der Waals surface area (Å²) in [7, 11) is -3.67. The highest BCUT2D eigenvalue weighted by molar-refractivity contribution is 7.92. The number of halogens is 1. The number of benzene rings is 3. The molecule has 0 amide bonds. The quantitative estimate of drug-likeness (QED) is 0.220. The molecule has 0 spiro atoms. The summed E-state index contributed by atoms with van der Waals surface area (Å²) in [6.07, 6.45) is 3.43. The summed E-state index contributed by atoms with van der Waals surface area (Å²) in [4.78, 5) is 12.4. The van der Waals surface area contributed by atoms with Gasteiger partial charge in [0.15, 0.2) is 0 Å². The van der Waals surface area contributed by atoms with Crippen LogP contribution in [0.3, 0.4) is 0 Å². The first kappa shape index (κ1) is 26.3. The molecule has 0 saturated heterocycles. The van der Waals surface area contributed by atoms with Gasteiger partial charge in [0, 0.05) is 30.0 Å². The minimum absolute atomic E-state index is 0.0129. The molecule has 0 bridgehead atoms. The van der Waals surface area contributed by atoms with E-state index in [-0.39, 0.29) is 41.6 Å². The number of hydrogen-bond donors (Lipinski definition) is 1. The Morgan fingerprint density at radius 1 is 1.13 bits per heavy atom. The zero-order valence-corrected chi connectivity index (χ0v) is 21.9.